The summed E-state index contributed by atoms with van der Waals surface area (Å²) in [5.41, 5.74) is 1.81. The lowest BCUT2D eigenvalue weighted by Crippen LogP contribution is -2.21. The van der Waals surface area contributed by atoms with Crippen LogP contribution in [0.15, 0.2) is 18.2 Å². The molecule has 0 radical (unpaired) electrons. The highest BCUT2D eigenvalue weighted by atomic mass is 28.3. The van der Waals surface area contributed by atoms with Crippen LogP contribution in [0, 0.1) is 0 Å². The molecule has 0 aliphatic heterocycles. The minimum atomic E-state index is -1.05. The van der Waals surface area contributed by atoms with E-state index in [1.165, 1.54) is 0 Å². The number of benzene rings is 1. The first-order chi connectivity index (χ1) is 9.37. The molecule has 0 atom stereocenters. The Balaban J connectivity index is 2.00. The van der Waals surface area contributed by atoms with Crippen molar-refractivity contribution in [3.8, 4) is 0 Å². The lowest BCUT2D eigenvalue weighted by atomic mass is 10.1. The number of rotatable bonds is 6. The molecule has 0 aliphatic carbocycles. The zero-order chi connectivity index (χ0) is 14.8. The van der Waals surface area contributed by atoms with E-state index in [0.717, 1.165) is 23.7 Å². The van der Waals surface area contributed by atoms with Gasteiger partial charge in [0.2, 0.25) is 0 Å². The molecule has 0 amide bonds. The maximum Gasteiger partial charge on any atom is 0.357 e. The minimum Gasteiger partial charge on any atom is -0.476 e. The summed E-state index contributed by atoms with van der Waals surface area (Å²) in [7, 11) is -1.05. The van der Waals surface area contributed by atoms with Gasteiger partial charge in [-0.3, -0.25) is 5.10 Å². The lowest BCUT2D eigenvalue weighted by Gasteiger charge is -2.15. The normalized spacial score (nSPS) is 11.9. The van der Waals surface area contributed by atoms with E-state index in [0.29, 0.717) is 12.0 Å². The summed E-state index contributed by atoms with van der Waals surface area (Å²) in [6, 6.07) is 6.70. The van der Waals surface area contributed by atoms with Crippen LogP contribution in [0.5, 0.6) is 0 Å². The third kappa shape index (κ3) is 3.67. The first-order valence-electron chi connectivity index (χ1n) is 6.65. The van der Waals surface area contributed by atoms with E-state index < -0.39 is 14.0 Å². The predicted molar refractivity (Wildman–Crippen MR) is 80.9 cm³/mol. The number of nitrogens with one attached hydrogen (secondary N) is 1. The molecule has 0 bridgehead atoms. The number of nitrogens with zero attached hydrogens (tertiary/aromatic N) is 1. The van der Waals surface area contributed by atoms with E-state index in [1.807, 2.05) is 12.1 Å². The highest BCUT2D eigenvalue weighted by molar-refractivity contribution is 6.76. The van der Waals surface area contributed by atoms with Crippen molar-refractivity contribution in [1.82, 2.24) is 10.2 Å². The van der Waals surface area contributed by atoms with Crippen molar-refractivity contribution >= 4 is 24.9 Å². The third-order valence-electron chi connectivity index (χ3n) is 3.09. The molecule has 0 saturated carbocycles. The Bertz CT molecular complexity index is 616. The zero-order valence-electron chi connectivity index (χ0n) is 12.1. The molecule has 0 aliphatic rings. The molecule has 6 heteroatoms. The Hall–Kier alpha value is -1.66. The Morgan fingerprint density at radius 1 is 1.40 bits per heavy atom. The van der Waals surface area contributed by atoms with E-state index in [9.17, 15) is 4.79 Å². The number of H-pyrrole nitrogens is 1. The quantitative estimate of drug-likeness (QED) is 0.633. The zero-order valence-corrected chi connectivity index (χ0v) is 13.1. The second kappa shape index (κ2) is 5.76. The number of carbonyl (C=O) groups is 1. The van der Waals surface area contributed by atoms with Crippen LogP contribution in [0.4, 0.5) is 0 Å². The van der Waals surface area contributed by atoms with Gasteiger partial charge in [-0.2, -0.15) is 5.10 Å². The van der Waals surface area contributed by atoms with Crippen LogP contribution in [0.2, 0.25) is 25.7 Å². The highest BCUT2D eigenvalue weighted by Gasteiger charge is 2.13. The summed E-state index contributed by atoms with van der Waals surface area (Å²) in [6.07, 6.45) is 0. The van der Waals surface area contributed by atoms with E-state index in [1.54, 1.807) is 6.07 Å². The van der Waals surface area contributed by atoms with Crippen molar-refractivity contribution in [2.45, 2.75) is 32.3 Å². The van der Waals surface area contributed by atoms with Gasteiger partial charge in [-0.1, -0.05) is 25.7 Å². The number of aromatic carboxylic acids is 1. The number of aromatic nitrogens is 2. The molecule has 1 aromatic heterocycles. The van der Waals surface area contributed by atoms with Crippen LogP contribution in [0.1, 0.15) is 16.1 Å². The van der Waals surface area contributed by atoms with Gasteiger partial charge < -0.3 is 9.84 Å². The van der Waals surface area contributed by atoms with Crippen molar-refractivity contribution in [3.05, 3.63) is 29.5 Å². The molecule has 0 spiro atoms. The molecule has 2 N–H and O–H groups in total. The molecule has 1 heterocycles. The average molecular weight is 292 g/mol. The van der Waals surface area contributed by atoms with Crippen LogP contribution < -0.4 is 0 Å². The van der Waals surface area contributed by atoms with Crippen molar-refractivity contribution in [3.63, 3.8) is 0 Å². The van der Waals surface area contributed by atoms with E-state index in [4.69, 9.17) is 9.84 Å². The first kappa shape index (κ1) is 14.7. The third-order valence-corrected chi connectivity index (χ3v) is 4.80. The van der Waals surface area contributed by atoms with Crippen LogP contribution in [0.3, 0.4) is 0 Å². The van der Waals surface area contributed by atoms with E-state index in [2.05, 4.69) is 29.8 Å². The molecule has 108 valence electrons. The molecule has 5 nitrogen and oxygen atoms in total. The number of hydrogen-bond donors (Lipinski definition) is 2. The van der Waals surface area contributed by atoms with Crippen LogP contribution in [-0.4, -0.2) is 36.0 Å². The van der Waals surface area contributed by atoms with Gasteiger partial charge in [-0.05, 0) is 23.7 Å². The Morgan fingerprint density at radius 3 is 2.80 bits per heavy atom. The van der Waals surface area contributed by atoms with Gasteiger partial charge in [0.1, 0.15) is 0 Å². The number of aromatic amines is 1. The van der Waals surface area contributed by atoms with Crippen molar-refractivity contribution in [2.75, 3.05) is 6.61 Å². The maximum absolute atomic E-state index is 11.0. The second-order valence-corrected chi connectivity index (χ2v) is 11.7. The Morgan fingerprint density at radius 2 is 2.15 bits per heavy atom. The predicted octanol–water partition coefficient (Wildman–Crippen LogP) is 3.12. The first-order valence-corrected chi connectivity index (χ1v) is 10.4. The molecule has 20 heavy (non-hydrogen) atoms. The van der Waals surface area contributed by atoms with Gasteiger partial charge in [-0.15, -0.1) is 0 Å². The molecular formula is C14H20N2O3Si. The summed E-state index contributed by atoms with van der Waals surface area (Å²) in [4.78, 5) is 11.0. The minimum absolute atomic E-state index is 0.0613. The standard InChI is InChI=1S/C14H20N2O3Si/c1-20(2,3)7-6-19-9-10-4-5-11-12(8-10)15-16-13(11)14(17)18/h4-5,8H,6-7,9H2,1-3H3,(H,15,16)(H,17,18). The molecule has 1 aromatic carbocycles. The smallest absolute Gasteiger partial charge is 0.357 e. The average Bonchev–Trinajstić information content (AvgIpc) is 2.76. The second-order valence-electron chi connectivity index (χ2n) is 6.12. The molecule has 0 fully saturated rings. The molecule has 0 saturated heterocycles. The lowest BCUT2D eigenvalue weighted by molar-refractivity contribution is 0.0692. The van der Waals surface area contributed by atoms with Crippen LogP contribution >= 0.6 is 0 Å². The number of fused-ring (bicyclic) bond motifs is 1. The van der Waals surface area contributed by atoms with Crippen molar-refractivity contribution < 1.29 is 14.6 Å². The SMILES string of the molecule is C[Si](C)(C)CCOCc1ccc2c(C(=O)O)n[nH]c2c1. The number of carboxylic acids is 1. The molecule has 2 rings (SSSR count). The summed E-state index contributed by atoms with van der Waals surface area (Å²) >= 11 is 0. The van der Waals surface area contributed by atoms with Crippen LogP contribution in [0.25, 0.3) is 10.9 Å². The molecular weight excluding hydrogens is 272 g/mol. The Kier molecular flexibility index (Phi) is 4.25. The topological polar surface area (TPSA) is 75.2 Å². The summed E-state index contributed by atoms with van der Waals surface area (Å²) in [5, 5.41) is 16.2. The molecule has 0 unspecified atom stereocenters. The molecule has 2 aromatic rings. The summed E-state index contributed by atoms with van der Waals surface area (Å²) in [6.45, 7) is 8.28. The van der Waals surface area contributed by atoms with E-state index in [-0.39, 0.29) is 5.69 Å². The van der Waals surface area contributed by atoms with Gasteiger partial charge in [0.15, 0.2) is 5.69 Å². The van der Waals surface area contributed by atoms with Crippen LogP contribution in [-0.2, 0) is 11.3 Å². The largest absolute Gasteiger partial charge is 0.476 e. The summed E-state index contributed by atoms with van der Waals surface area (Å²) in [5.74, 6) is -1.02. The van der Waals surface area contributed by atoms with Gasteiger partial charge in [0.05, 0.1) is 12.1 Å². The number of hydrogen-bond acceptors (Lipinski definition) is 3. The fourth-order valence-corrected chi connectivity index (χ4v) is 2.64. The van der Waals surface area contributed by atoms with Gasteiger partial charge in [0, 0.05) is 20.1 Å². The highest BCUT2D eigenvalue weighted by Crippen LogP contribution is 2.18. The fourth-order valence-electron chi connectivity index (χ4n) is 1.89. The number of ether oxygens (including phenoxy) is 1. The van der Waals surface area contributed by atoms with E-state index >= 15 is 0 Å². The Labute approximate surface area is 119 Å². The van der Waals surface area contributed by atoms with Gasteiger partial charge in [-0.25, -0.2) is 4.79 Å². The van der Waals surface area contributed by atoms with Gasteiger partial charge in [0.25, 0.3) is 0 Å². The summed E-state index contributed by atoms with van der Waals surface area (Å²) < 4.78 is 5.68. The van der Waals surface area contributed by atoms with Crippen molar-refractivity contribution in [1.29, 1.82) is 0 Å². The number of carboxylic acid groups (broad SMARTS) is 1. The maximum atomic E-state index is 11.0. The van der Waals surface area contributed by atoms with Gasteiger partial charge >= 0.3 is 5.97 Å². The van der Waals surface area contributed by atoms with Crippen molar-refractivity contribution in [2.24, 2.45) is 0 Å². The monoisotopic (exact) mass is 292 g/mol. The fraction of sp³-hybridized carbons (Fsp3) is 0.429.